The Morgan fingerprint density at radius 1 is 0.667 bits per heavy atom. The summed E-state index contributed by atoms with van der Waals surface area (Å²) in [6, 6.07) is 0. The fourth-order valence-electron chi connectivity index (χ4n) is 0.604. The molecule has 0 aromatic rings. The van der Waals surface area contributed by atoms with E-state index in [9.17, 15) is 0 Å². The molecule has 0 rings (SSSR count). The molecule has 0 aromatic carbocycles. The Hall–Kier alpha value is -0.0800. The van der Waals surface area contributed by atoms with Crippen LogP contribution in [0.2, 0.25) is 0 Å². The topological polar surface area (TPSA) is 24.1 Å². The molecule has 0 unspecified atom stereocenters. The first-order valence-corrected chi connectivity index (χ1v) is 5.21. The van der Waals surface area contributed by atoms with Crippen molar-refractivity contribution in [3.05, 3.63) is 0 Å². The van der Waals surface area contributed by atoms with Crippen LogP contribution < -0.4 is 10.6 Å². The summed E-state index contributed by atoms with van der Waals surface area (Å²) in [4.78, 5) is 0. The Morgan fingerprint density at radius 3 is 1.08 bits per heavy atom. The van der Waals surface area contributed by atoms with E-state index in [2.05, 4.69) is 10.6 Å². The summed E-state index contributed by atoms with van der Waals surface area (Å²) in [6.07, 6.45) is 2.55. The number of hydrogen-bond donors (Lipinski definition) is 2. The quantitative estimate of drug-likeness (QED) is 0.628. The molecule has 0 aliphatic rings. The zero-order valence-corrected chi connectivity index (χ0v) is 9.83. The molecule has 2 heteroatoms. The van der Waals surface area contributed by atoms with Gasteiger partial charge < -0.3 is 10.6 Å². The normalized spacial score (nSPS) is 7.50. The van der Waals surface area contributed by atoms with Crippen LogP contribution in [0, 0.1) is 0 Å². The van der Waals surface area contributed by atoms with Crippen LogP contribution >= 0.6 is 0 Å². The summed E-state index contributed by atoms with van der Waals surface area (Å²) >= 11 is 0. The summed E-state index contributed by atoms with van der Waals surface area (Å²) in [5, 5.41) is 6.20. The molecule has 0 heterocycles. The second-order valence-electron chi connectivity index (χ2n) is 1.91. The largest absolute Gasteiger partial charge is 0.320 e. The monoisotopic (exact) mass is 176 g/mol. The predicted molar refractivity (Wildman–Crippen MR) is 59.8 cm³/mol. The molecule has 0 fully saturated rings. The van der Waals surface area contributed by atoms with E-state index < -0.39 is 0 Å². The van der Waals surface area contributed by atoms with Gasteiger partial charge in [-0.1, -0.05) is 27.7 Å². The molecule has 0 bridgehead atoms. The molecular formula is C10H28N2. The third-order valence-electron chi connectivity index (χ3n) is 1.10. The molecule has 0 spiro atoms. The maximum Gasteiger partial charge on any atom is -0.00515 e. The predicted octanol–water partition coefficient (Wildman–Crippen LogP) is 2.26. The van der Waals surface area contributed by atoms with Crippen molar-refractivity contribution in [1.82, 2.24) is 10.6 Å². The van der Waals surface area contributed by atoms with E-state index >= 15 is 0 Å². The standard InChI is InChI=1S/C6H16N2.2C2H6/c1-7-5-3-4-6-8-2;2*1-2/h7-8H,3-6H2,1-2H3;2*1-2H3. The van der Waals surface area contributed by atoms with Gasteiger partial charge in [0.1, 0.15) is 0 Å². The molecule has 0 radical (unpaired) electrons. The van der Waals surface area contributed by atoms with Gasteiger partial charge in [-0.2, -0.15) is 0 Å². The van der Waals surface area contributed by atoms with E-state index in [1.54, 1.807) is 0 Å². The van der Waals surface area contributed by atoms with E-state index in [4.69, 9.17) is 0 Å². The van der Waals surface area contributed by atoms with Gasteiger partial charge in [0.15, 0.2) is 0 Å². The molecule has 0 atom stereocenters. The lowest BCUT2D eigenvalue weighted by molar-refractivity contribution is 0.644. The van der Waals surface area contributed by atoms with Crippen LogP contribution in [-0.2, 0) is 0 Å². The minimum atomic E-state index is 1.14. The molecule has 2 N–H and O–H groups in total. The number of hydrogen-bond acceptors (Lipinski definition) is 2. The highest BCUT2D eigenvalue weighted by molar-refractivity contribution is 4.44. The van der Waals surface area contributed by atoms with Gasteiger partial charge in [-0.25, -0.2) is 0 Å². The summed E-state index contributed by atoms with van der Waals surface area (Å²) in [7, 11) is 3.97. The molecular weight excluding hydrogens is 148 g/mol. The number of nitrogens with one attached hydrogen (secondary N) is 2. The zero-order chi connectivity index (χ0) is 10.2. The van der Waals surface area contributed by atoms with Crippen molar-refractivity contribution in [2.24, 2.45) is 0 Å². The SMILES string of the molecule is CC.CC.CNCCCCNC. The average Bonchev–Trinajstić information content (AvgIpc) is 2.19. The van der Waals surface area contributed by atoms with Crippen molar-refractivity contribution in [3.63, 3.8) is 0 Å². The van der Waals surface area contributed by atoms with Gasteiger partial charge in [0.05, 0.1) is 0 Å². The van der Waals surface area contributed by atoms with Gasteiger partial charge in [0, 0.05) is 0 Å². The maximum atomic E-state index is 3.10. The fraction of sp³-hybridized carbons (Fsp3) is 1.00. The Morgan fingerprint density at radius 2 is 0.917 bits per heavy atom. The lowest BCUT2D eigenvalue weighted by Gasteiger charge is -1.97. The van der Waals surface area contributed by atoms with Crippen molar-refractivity contribution in [3.8, 4) is 0 Å². The average molecular weight is 176 g/mol. The summed E-state index contributed by atoms with van der Waals surface area (Å²) in [6.45, 7) is 10.3. The van der Waals surface area contributed by atoms with Crippen LogP contribution in [0.15, 0.2) is 0 Å². The molecule has 0 aliphatic heterocycles. The van der Waals surface area contributed by atoms with E-state index in [0.717, 1.165) is 13.1 Å². The first kappa shape index (κ1) is 17.9. The third-order valence-corrected chi connectivity index (χ3v) is 1.10. The second kappa shape index (κ2) is 30.7. The Balaban J connectivity index is -0.000000175. The van der Waals surface area contributed by atoms with Gasteiger partial charge >= 0.3 is 0 Å². The van der Waals surface area contributed by atoms with Gasteiger partial charge in [-0.15, -0.1) is 0 Å². The van der Waals surface area contributed by atoms with Gasteiger partial charge in [0.2, 0.25) is 0 Å². The van der Waals surface area contributed by atoms with E-state index in [1.807, 2.05) is 41.8 Å². The fourth-order valence-corrected chi connectivity index (χ4v) is 0.604. The smallest absolute Gasteiger partial charge is 0.00515 e. The van der Waals surface area contributed by atoms with Crippen LogP contribution in [0.5, 0.6) is 0 Å². The van der Waals surface area contributed by atoms with Crippen molar-refractivity contribution in [2.45, 2.75) is 40.5 Å². The van der Waals surface area contributed by atoms with Crippen LogP contribution in [0.4, 0.5) is 0 Å². The van der Waals surface area contributed by atoms with Crippen LogP contribution in [-0.4, -0.2) is 27.2 Å². The Labute approximate surface area is 79.1 Å². The molecule has 0 saturated carbocycles. The van der Waals surface area contributed by atoms with E-state index in [0.29, 0.717) is 0 Å². The van der Waals surface area contributed by atoms with Crippen molar-refractivity contribution < 1.29 is 0 Å². The number of unbranched alkanes of at least 4 members (excludes halogenated alkanes) is 1. The molecule has 12 heavy (non-hydrogen) atoms. The first-order chi connectivity index (χ1) is 5.91. The summed E-state index contributed by atoms with van der Waals surface area (Å²) in [5.74, 6) is 0. The molecule has 2 nitrogen and oxygen atoms in total. The van der Waals surface area contributed by atoms with E-state index in [-0.39, 0.29) is 0 Å². The summed E-state index contributed by atoms with van der Waals surface area (Å²) in [5.41, 5.74) is 0. The molecule has 0 saturated heterocycles. The summed E-state index contributed by atoms with van der Waals surface area (Å²) < 4.78 is 0. The van der Waals surface area contributed by atoms with Crippen molar-refractivity contribution in [2.75, 3.05) is 27.2 Å². The van der Waals surface area contributed by atoms with Crippen LogP contribution in [0.3, 0.4) is 0 Å². The van der Waals surface area contributed by atoms with Gasteiger partial charge in [-0.05, 0) is 40.0 Å². The molecule has 0 amide bonds. The number of rotatable bonds is 5. The molecule has 0 aliphatic carbocycles. The maximum absolute atomic E-state index is 3.10. The first-order valence-electron chi connectivity index (χ1n) is 5.21. The lowest BCUT2D eigenvalue weighted by atomic mass is 10.3. The van der Waals surface area contributed by atoms with Crippen LogP contribution in [0.25, 0.3) is 0 Å². The van der Waals surface area contributed by atoms with Gasteiger partial charge in [0.25, 0.3) is 0 Å². The van der Waals surface area contributed by atoms with Crippen molar-refractivity contribution in [1.29, 1.82) is 0 Å². The molecule has 0 aromatic heterocycles. The zero-order valence-electron chi connectivity index (χ0n) is 9.83. The van der Waals surface area contributed by atoms with E-state index in [1.165, 1.54) is 12.8 Å². The molecule has 78 valence electrons. The highest BCUT2D eigenvalue weighted by atomic mass is 14.8. The second-order valence-corrected chi connectivity index (χ2v) is 1.91. The van der Waals surface area contributed by atoms with Crippen LogP contribution in [0.1, 0.15) is 40.5 Å². The minimum Gasteiger partial charge on any atom is -0.320 e. The minimum absolute atomic E-state index is 1.14. The highest BCUT2D eigenvalue weighted by Gasteiger charge is 1.81. The van der Waals surface area contributed by atoms with Gasteiger partial charge in [-0.3, -0.25) is 0 Å². The highest BCUT2D eigenvalue weighted by Crippen LogP contribution is 1.81. The lowest BCUT2D eigenvalue weighted by Crippen LogP contribution is -2.12. The third kappa shape index (κ3) is 32.6. The Kier molecular flexibility index (Phi) is 45.6. The Bertz CT molecular complexity index is 32.8. The van der Waals surface area contributed by atoms with Crippen molar-refractivity contribution >= 4 is 0 Å².